The molecule has 6 heteroatoms. The molecule has 1 aromatic carbocycles. The highest BCUT2D eigenvalue weighted by Gasteiger charge is 2.37. The highest BCUT2D eigenvalue weighted by Crippen LogP contribution is 2.27. The van der Waals surface area contributed by atoms with Crippen molar-refractivity contribution in [1.82, 2.24) is 19.6 Å². The molecule has 0 N–H and O–H groups in total. The lowest BCUT2D eigenvalue weighted by Gasteiger charge is -2.42. The van der Waals surface area contributed by atoms with E-state index in [1.807, 2.05) is 11.9 Å². The minimum atomic E-state index is 0.0791. The number of carbonyl (C=O) groups excluding carboxylic acids is 1. The SMILES string of the molecule is Cn1cc(C(=O)N2CC[C@@H]3[C@@H](COCCN3Cc3ccccc3)C2)cn1. The van der Waals surface area contributed by atoms with Crippen molar-refractivity contribution in [3.8, 4) is 0 Å². The van der Waals surface area contributed by atoms with Crippen LogP contribution >= 0.6 is 0 Å². The van der Waals surface area contributed by atoms with Gasteiger partial charge >= 0.3 is 0 Å². The molecular weight excluding hydrogens is 328 g/mol. The summed E-state index contributed by atoms with van der Waals surface area (Å²) in [4.78, 5) is 17.3. The molecule has 0 spiro atoms. The van der Waals surface area contributed by atoms with Gasteiger partial charge in [0.05, 0.1) is 25.0 Å². The maximum Gasteiger partial charge on any atom is 0.257 e. The summed E-state index contributed by atoms with van der Waals surface area (Å²) < 4.78 is 7.55. The van der Waals surface area contributed by atoms with Crippen molar-refractivity contribution >= 4 is 5.91 Å². The summed E-state index contributed by atoms with van der Waals surface area (Å²) in [6.45, 7) is 4.93. The van der Waals surface area contributed by atoms with Gasteiger partial charge in [-0.05, 0) is 12.0 Å². The normalized spacial score (nSPS) is 24.1. The van der Waals surface area contributed by atoms with Crippen LogP contribution in [0.1, 0.15) is 22.3 Å². The molecule has 0 bridgehead atoms. The predicted molar refractivity (Wildman–Crippen MR) is 98.7 cm³/mol. The second-order valence-electron chi connectivity index (χ2n) is 7.30. The summed E-state index contributed by atoms with van der Waals surface area (Å²) in [6.07, 6.45) is 4.44. The number of piperidine rings is 1. The smallest absolute Gasteiger partial charge is 0.257 e. The van der Waals surface area contributed by atoms with Crippen molar-refractivity contribution in [3.05, 3.63) is 53.9 Å². The van der Waals surface area contributed by atoms with Crippen molar-refractivity contribution < 1.29 is 9.53 Å². The summed E-state index contributed by atoms with van der Waals surface area (Å²) in [6, 6.07) is 11.1. The third-order valence-corrected chi connectivity index (χ3v) is 5.49. The molecule has 1 aromatic heterocycles. The molecule has 4 rings (SSSR count). The number of ether oxygens (including phenoxy) is 1. The molecule has 2 atom stereocenters. The van der Waals surface area contributed by atoms with E-state index in [-0.39, 0.29) is 5.91 Å². The fourth-order valence-electron chi connectivity index (χ4n) is 4.16. The predicted octanol–water partition coefficient (Wildman–Crippen LogP) is 1.78. The lowest BCUT2D eigenvalue weighted by Crippen LogP contribution is -2.52. The van der Waals surface area contributed by atoms with E-state index in [9.17, 15) is 4.79 Å². The van der Waals surface area contributed by atoms with Crippen LogP contribution in [0.5, 0.6) is 0 Å². The molecule has 2 aliphatic heterocycles. The zero-order valence-electron chi connectivity index (χ0n) is 15.3. The van der Waals surface area contributed by atoms with Crippen LogP contribution < -0.4 is 0 Å². The summed E-state index contributed by atoms with van der Waals surface area (Å²) in [7, 11) is 1.84. The van der Waals surface area contributed by atoms with E-state index < -0.39 is 0 Å². The average Bonchev–Trinajstić information content (AvgIpc) is 3.00. The summed E-state index contributed by atoms with van der Waals surface area (Å²) in [5.41, 5.74) is 2.00. The monoisotopic (exact) mass is 354 g/mol. The van der Waals surface area contributed by atoms with Gasteiger partial charge < -0.3 is 9.64 Å². The number of benzene rings is 1. The zero-order valence-corrected chi connectivity index (χ0v) is 15.3. The number of fused-ring (bicyclic) bond motifs is 1. The maximum atomic E-state index is 12.8. The molecule has 0 unspecified atom stereocenters. The Balaban J connectivity index is 1.45. The third kappa shape index (κ3) is 3.66. The number of aromatic nitrogens is 2. The van der Waals surface area contributed by atoms with Gasteiger partial charge in [0.25, 0.3) is 5.91 Å². The first-order valence-corrected chi connectivity index (χ1v) is 9.34. The molecule has 0 saturated carbocycles. The van der Waals surface area contributed by atoms with Crippen LogP contribution in [0.3, 0.4) is 0 Å². The minimum Gasteiger partial charge on any atom is -0.380 e. The molecule has 2 fully saturated rings. The number of carbonyl (C=O) groups is 1. The number of rotatable bonds is 3. The quantitative estimate of drug-likeness (QED) is 0.843. The van der Waals surface area contributed by atoms with E-state index in [4.69, 9.17) is 4.74 Å². The summed E-state index contributed by atoms with van der Waals surface area (Å²) in [5, 5.41) is 4.12. The first kappa shape index (κ1) is 17.2. The molecule has 2 aromatic rings. The van der Waals surface area contributed by atoms with Crippen molar-refractivity contribution in [2.75, 3.05) is 32.8 Å². The van der Waals surface area contributed by atoms with Crippen molar-refractivity contribution in [2.45, 2.75) is 19.0 Å². The first-order valence-electron chi connectivity index (χ1n) is 9.34. The molecule has 6 nitrogen and oxygen atoms in total. The molecular formula is C20H26N4O2. The zero-order chi connectivity index (χ0) is 17.9. The van der Waals surface area contributed by atoms with E-state index >= 15 is 0 Å². The fourth-order valence-corrected chi connectivity index (χ4v) is 4.16. The van der Waals surface area contributed by atoms with E-state index in [1.165, 1.54) is 5.56 Å². The molecule has 2 saturated heterocycles. The van der Waals surface area contributed by atoms with Crippen molar-refractivity contribution in [3.63, 3.8) is 0 Å². The van der Waals surface area contributed by atoms with Gasteiger partial charge in [-0.3, -0.25) is 14.4 Å². The van der Waals surface area contributed by atoms with Gasteiger partial charge in [0.1, 0.15) is 0 Å². The fraction of sp³-hybridized carbons (Fsp3) is 0.500. The second-order valence-corrected chi connectivity index (χ2v) is 7.30. The van der Waals surface area contributed by atoms with Gasteiger partial charge in [0, 0.05) is 51.4 Å². The van der Waals surface area contributed by atoms with Gasteiger partial charge in [-0.15, -0.1) is 0 Å². The lowest BCUT2D eigenvalue weighted by atomic mass is 9.91. The molecule has 3 heterocycles. The van der Waals surface area contributed by atoms with Crippen LogP contribution in [0.2, 0.25) is 0 Å². The van der Waals surface area contributed by atoms with Crippen LogP contribution in [0.25, 0.3) is 0 Å². The van der Waals surface area contributed by atoms with Gasteiger partial charge in [0.2, 0.25) is 0 Å². The molecule has 138 valence electrons. The highest BCUT2D eigenvalue weighted by atomic mass is 16.5. The van der Waals surface area contributed by atoms with Crippen LogP contribution in [0.4, 0.5) is 0 Å². The Kier molecular flexibility index (Phi) is 5.04. The molecule has 0 aliphatic carbocycles. The van der Waals surface area contributed by atoms with Gasteiger partial charge in [-0.25, -0.2) is 0 Å². The van der Waals surface area contributed by atoms with Crippen LogP contribution in [0, 0.1) is 5.92 Å². The summed E-state index contributed by atoms with van der Waals surface area (Å²) in [5.74, 6) is 0.436. The van der Waals surface area contributed by atoms with E-state index in [2.05, 4.69) is 40.3 Å². The van der Waals surface area contributed by atoms with Gasteiger partial charge in [-0.1, -0.05) is 30.3 Å². The molecule has 1 amide bonds. The number of hydrogen-bond donors (Lipinski definition) is 0. The van der Waals surface area contributed by atoms with E-state index in [0.717, 1.165) is 45.8 Å². The van der Waals surface area contributed by atoms with Crippen LogP contribution in [-0.2, 0) is 18.3 Å². The topological polar surface area (TPSA) is 50.6 Å². The average molecular weight is 354 g/mol. The molecule has 2 aliphatic rings. The minimum absolute atomic E-state index is 0.0791. The largest absolute Gasteiger partial charge is 0.380 e. The number of hydrogen-bond acceptors (Lipinski definition) is 4. The Hall–Kier alpha value is -2.18. The Morgan fingerprint density at radius 3 is 2.88 bits per heavy atom. The highest BCUT2D eigenvalue weighted by molar-refractivity contribution is 5.93. The maximum absolute atomic E-state index is 12.8. The summed E-state index contributed by atoms with van der Waals surface area (Å²) >= 11 is 0. The van der Waals surface area contributed by atoms with Crippen molar-refractivity contribution in [2.24, 2.45) is 13.0 Å². The lowest BCUT2D eigenvalue weighted by molar-refractivity contribution is 0.0370. The Morgan fingerprint density at radius 2 is 2.12 bits per heavy atom. The number of nitrogens with zero attached hydrogens (tertiary/aromatic N) is 4. The van der Waals surface area contributed by atoms with Crippen LogP contribution in [0.15, 0.2) is 42.7 Å². The number of likely N-dealkylation sites (tertiary alicyclic amines) is 1. The van der Waals surface area contributed by atoms with Gasteiger partial charge in [0.15, 0.2) is 0 Å². The van der Waals surface area contributed by atoms with Crippen LogP contribution in [-0.4, -0.2) is 64.4 Å². The second kappa shape index (κ2) is 7.60. The first-order chi connectivity index (χ1) is 12.7. The number of aryl methyl sites for hydroxylation is 1. The third-order valence-electron chi connectivity index (χ3n) is 5.49. The Morgan fingerprint density at radius 1 is 1.27 bits per heavy atom. The van der Waals surface area contributed by atoms with E-state index in [1.54, 1.807) is 17.1 Å². The molecule has 26 heavy (non-hydrogen) atoms. The standard InChI is InChI=1S/C20H26N4O2/c1-22-13-17(11-21-22)20(25)24-8-7-19-18(14-24)15-26-10-9-23(19)12-16-5-3-2-4-6-16/h2-6,11,13,18-19H,7-10,12,14-15H2,1H3/t18-,19-/m1/s1. The van der Waals surface area contributed by atoms with E-state index in [0.29, 0.717) is 17.5 Å². The Labute approximate surface area is 154 Å². The van der Waals surface area contributed by atoms with Crippen molar-refractivity contribution in [1.29, 1.82) is 0 Å². The molecule has 0 radical (unpaired) electrons. The van der Waals surface area contributed by atoms with Gasteiger partial charge in [-0.2, -0.15) is 5.10 Å². The Bertz CT molecular complexity index is 745. The number of amides is 1.